The van der Waals surface area contributed by atoms with Gasteiger partial charge in [0, 0.05) is 32.2 Å². The van der Waals surface area contributed by atoms with E-state index in [4.69, 9.17) is 4.74 Å². The van der Waals surface area contributed by atoms with E-state index >= 15 is 0 Å². The van der Waals surface area contributed by atoms with Crippen molar-refractivity contribution in [3.05, 3.63) is 30.1 Å². The molecule has 6 nitrogen and oxygen atoms in total. The lowest BCUT2D eigenvalue weighted by atomic mass is 10.0. The van der Waals surface area contributed by atoms with Crippen molar-refractivity contribution in [2.45, 2.75) is 29.9 Å². The van der Waals surface area contributed by atoms with Crippen molar-refractivity contribution in [1.82, 2.24) is 9.21 Å². The average molecular weight is 358 g/mol. The molecule has 134 valence electrons. The number of rotatable bonds is 3. The van der Waals surface area contributed by atoms with Gasteiger partial charge in [-0.05, 0) is 31.0 Å². The van der Waals surface area contributed by atoms with E-state index in [-0.39, 0.29) is 17.5 Å². The first kappa shape index (κ1) is 17.8. The summed E-state index contributed by atoms with van der Waals surface area (Å²) in [4.78, 5) is 2.13. The number of sulfonamides is 1. The van der Waals surface area contributed by atoms with Crippen molar-refractivity contribution in [1.29, 1.82) is 0 Å². The maximum absolute atomic E-state index is 13.4. The Hall–Kier alpha value is -1.06. The van der Waals surface area contributed by atoms with E-state index in [1.165, 1.54) is 22.5 Å². The van der Waals surface area contributed by atoms with Crippen LogP contribution in [0.3, 0.4) is 0 Å². The molecule has 2 atom stereocenters. The van der Waals surface area contributed by atoms with E-state index < -0.39 is 21.9 Å². The van der Waals surface area contributed by atoms with Crippen LogP contribution in [0.5, 0.6) is 0 Å². The van der Waals surface area contributed by atoms with E-state index in [0.29, 0.717) is 32.6 Å². The number of halogens is 1. The Morgan fingerprint density at radius 3 is 2.54 bits per heavy atom. The second-order valence-electron chi connectivity index (χ2n) is 6.22. The van der Waals surface area contributed by atoms with Gasteiger partial charge < -0.3 is 9.84 Å². The predicted molar refractivity (Wildman–Crippen MR) is 86.6 cm³/mol. The van der Waals surface area contributed by atoms with Crippen molar-refractivity contribution in [3.63, 3.8) is 0 Å². The molecule has 1 N–H and O–H groups in total. The number of aliphatic hydroxyl groups is 1. The Bertz CT molecular complexity index is 664. The van der Waals surface area contributed by atoms with Gasteiger partial charge in [-0.1, -0.05) is 6.07 Å². The maximum Gasteiger partial charge on any atom is 0.243 e. The highest BCUT2D eigenvalue weighted by Gasteiger charge is 2.34. The number of hydrogen-bond acceptors (Lipinski definition) is 5. The second-order valence-corrected chi connectivity index (χ2v) is 8.16. The first-order valence-corrected chi connectivity index (χ1v) is 9.68. The number of aliphatic hydroxyl groups excluding tert-OH is 1. The number of nitrogens with zero attached hydrogens (tertiary/aromatic N) is 2. The molecule has 1 aromatic rings. The summed E-state index contributed by atoms with van der Waals surface area (Å²) in [7, 11) is -3.75. The monoisotopic (exact) mass is 358 g/mol. The van der Waals surface area contributed by atoms with E-state index in [1.807, 2.05) is 0 Å². The zero-order valence-corrected chi connectivity index (χ0v) is 14.3. The lowest BCUT2D eigenvalue weighted by Gasteiger charge is -2.36. The molecule has 0 bridgehead atoms. The minimum atomic E-state index is -3.75. The largest absolute Gasteiger partial charge is 0.391 e. The minimum Gasteiger partial charge on any atom is -0.391 e. The van der Waals surface area contributed by atoms with Crippen molar-refractivity contribution < 1.29 is 22.7 Å². The molecule has 2 aliphatic rings. The van der Waals surface area contributed by atoms with Gasteiger partial charge in [-0.3, -0.25) is 4.90 Å². The van der Waals surface area contributed by atoms with Gasteiger partial charge in [0.25, 0.3) is 0 Å². The third-order valence-electron chi connectivity index (χ3n) is 4.74. The summed E-state index contributed by atoms with van der Waals surface area (Å²) < 4.78 is 45.5. The van der Waals surface area contributed by atoms with Crippen LogP contribution in [0.15, 0.2) is 29.2 Å². The fraction of sp³-hybridized carbons (Fsp3) is 0.625. The van der Waals surface area contributed by atoms with Gasteiger partial charge in [-0.2, -0.15) is 4.31 Å². The molecule has 2 aliphatic heterocycles. The van der Waals surface area contributed by atoms with Gasteiger partial charge in [0.2, 0.25) is 10.0 Å². The van der Waals surface area contributed by atoms with Crippen LogP contribution >= 0.6 is 0 Å². The van der Waals surface area contributed by atoms with Gasteiger partial charge in [0.05, 0.1) is 24.2 Å². The summed E-state index contributed by atoms with van der Waals surface area (Å²) >= 11 is 0. The molecule has 0 spiro atoms. The molecule has 0 saturated carbocycles. The molecule has 0 amide bonds. The standard InChI is InChI=1S/C16H23FN2O4S/c17-13-2-1-3-14(12-13)24(21,22)19-6-4-15(16(20)5-7-19)18-8-10-23-11-9-18/h1-3,12,15-16,20H,4-11H2/t15-,16-/m0/s1. The number of hydrogen-bond donors (Lipinski definition) is 1. The molecule has 0 aliphatic carbocycles. The topological polar surface area (TPSA) is 70.1 Å². The molecule has 3 rings (SSSR count). The Balaban J connectivity index is 1.74. The zero-order chi connectivity index (χ0) is 17.2. The summed E-state index contributed by atoms with van der Waals surface area (Å²) in [6.07, 6.45) is 0.350. The van der Waals surface area contributed by atoms with Crippen molar-refractivity contribution in [2.75, 3.05) is 39.4 Å². The third-order valence-corrected chi connectivity index (χ3v) is 6.64. The summed E-state index contributed by atoms with van der Waals surface area (Å²) in [5.74, 6) is -0.572. The Kier molecular flexibility index (Phi) is 5.51. The van der Waals surface area contributed by atoms with Crippen molar-refractivity contribution in [3.8, 4) is 0 Å². The van der Waals surface area contributed by atoms with Crippen LogP contribution in [-0.4, -0.2) is 74.3 Å². The lowest BCUT2D eigenvalue weighted by molar-refractivity contribution is -0.0222. The number of ether oxygens (including phenoxy) is 1. The number of benzene rings is 1. The van der Waals surface area contributed by atoms with E-state index in [0.717, 1.165) is 19.2 Å². The van der Waals surface area contributed by atoms with E-state index in [9.17, 15) is 17.9 Å². The molecule has 24 heavy (non-hydrogen) atoms. The van der Waals surface area contributed by atoms with Crippen molar-refractivity contribution >= 4 is 10.0 Å². The predicted octanol–water partition coefficient (Wildman–Crippen LogP) is 0.672. The van der Waals surface area contributed by atoms with Crippen LogP contribution in [0, 0.1) is 5.82 Å². The van der Waals surface area contributed by atoms with Crippen molar-refractivity contribution in [2.24, 2.45) is 0 Å². The van der Waals surface area contributed by atoms with Crippen LogP contribution in [-0.2, 0) is 14.8 Å². The van der Waals surface area contributed by atoms with E-state index in [2.05, 4.69) is 4.90 Å². The van der Waals surface area contributed by atoms with Crippen LogP contribution in [0.4, 0.5) is 4.39 Å². The first-order valence-electron chi connectivity index (χ1n) is 8.24. The summed E-state index contributed by atoms with van der Waals surface area (Å²) in [6.45, 7) is 3.32. The minimum absolute atomic E-state index is 0.0400. The molecule has 0 aromatic heterocycles. The van der Waals surface area contributed by atoms with Gasteiger partial charge in [-0.25, -0.2) is 12.8 Å². The molecular weight excluding hydrogens is 335 g/mol. The highest BCUT2D eigenvalue weighted by molar-refractivity contribution is 7.89. The summed E-state index contributed by atoms with van der Waals surface area (Å²) in [5.41, 5.74) is 0. The summed E-state index contributed by atoms with van der Waals surface area (Å²) in [5, 5.41) is 10.4. The molecule has 2 saturated heterocycles. The van der Waals surface area contributed by atoms with Gasteiger partial charge in [-0.15, -0.1) is 0 Å². The molecule has 8 heteroatoms. The fourth-order valence-corrected chi connectivity index (χ4v) is 4.90. The quantitative estimate of drug-likeness (QED) is 0.860. The molecule has 0 radical (unpaired) electrons. The van der Waals surface area contributed by atoms with Gasteiger partial charge in [0.15, 0.2) is 0 Å². The molecule has 1 aromatic carbocycles. The van der Waals surface area contributed by atoms with E-state index in [1.54, 1.807) is 0 Å². The fourth-order valence-electron chi connectivity index (χ4n) is 3.40. The Labute approximate surface area is 141 Å². The molecule has 2 fully saturated rings. The SMILES string of the molecule is O=S(=O)(c1cccc(F)c1)N1CC[C@H](O)[C@@H](N2CCOCC2)CC1. The highest BCUT2D eigenvalue weighted by atomic mass is 32.2. The van der Waals surface area contributed by atoms with Crippen LogP contribution < -0.4 is 0 Å². The molecule has 2 heterocycles. The average Bonchev–Trinajstić information content (AvgIpc) is 2.78. The smallest absolute Gasteiger partial charge is 0.243 e. The Morgan fingerprint density at radius 2 is 1.83 bits per heavy atom. The molecular formula is C16H23FN2O4S. The van der Waals surface area contributed by atoms with Gasteiger partial charge >= 0.3 is 0 Å². The third kappa shape index (κ3) is 3.78. The Morgan fingerprint density at radius 1 is 1.12 bits per heavy atom. The zero-order valence-electron chi connectivity index (χ0n) is 13.5. The highest BCUT2D eigenvalue weighted by Crippen LogP contribution is 2.24. The summed E-state index contributed by atoms with van der Waals surface area (Å²) in [6, 6.07) is 4.99. The van der Waals surface area contributed by atoms with Gasteiger partial charge in [0.1, 0.15) is 5.82 Å². The van der Waals surface area contributed by atoms with Crippen LogP contribution in [0.2, 0.25) is 0 Å². The lowest BCUT2D eigenvalue weighted by Crippen LogP contribution is -2.49. The maximum atomic E-state index is 13.4. The van der Waals surface area contributed by atoms with Crippen LogP contribution in [0.1, 0.15) is 12.8 Å². The number of morpholine rings is 1. The second kappa shape index (κ2) is 7.45. The molecule has 0 unspecified atom stereocenters. The normalized spacial score (nSPS) is 27.8. The first-order chi connectivity index (χ1) is 11.5. The van der Waals surface area contributed by atoms with Crippen LogP contribution in [0.25, 0.3) is 0 Å².